The quantitative estimate of drug-likeness (QED) is 0.682. The summed E-state index contributed by atoms with van der Waals surface area (Å²) in [4.78, 5) is 27.0. The van der Waals surface area contributed by atoms with Crippen molar-refractivity contribution in [3.63, 3.8) is 0 Å². The lowest BCUT2D eigenvalue weighted by Crippen LogP contribution is -2.39. The highest BCUT2D eigenvalue weighted by atomic mass is 16.5. The molecule has 3 aromatic rings. The zero-order valence-corrected chi connectivity index (χ0v) is 13.6. The van der Waals surface area contributed by atoms with Gasteiger partial charge in [0, 0.05) is 42.6 Å². The summed E-state index contributed by atoms with van der Waals surface area (Å²) in [6.45, 7) is 2.79. The van der Waals surface area contributed by atoms with Gasteiger partial charge in [-0.3, -0.25) is 19.9 Å². The van der Waals surface area contributed by atoms with Crippen molar-refractivity contribution in [1.29, 1.82) is 0 Å². The Labute approximate surface area is 144 Å². The Morgan fingerprint density at radius 3 is 2.72 bits per heavy atom. The van der Waals surface area contributed by atoms with Gasteiger partial charge in [-0.2, -0.15) is 0 Å². The molecule has 1 fully saturated rings. The van der Waals surface area contributed by atoms with E-state index >= 15 is 0 Å². The molecule has 0 radical (unpaired) electrons. The number of fused-ring (bicyclic) bond motifs is 1. The van der Waals surface area contributed by atoms with E-state index in [1.54, 1.807) is 24.8 Å². The van der Waals surface area contributed by atoms with Crippen LogP contribution in [-0.4, -0.2) is 46.2 Å². The van der Waals surface area contributed by atoms with E-state index in [-0.39, 0.29) is 6.04 Å². The average Bonchev–Trinajstić information content (AvgIpc) is 2.69. The molecule has 1 atom stereocenters. The Morgan fingerprint density at radius 1 is 1.08 bits per heavy atom. The first-order valence-electron chi connectivity index (χ1n) is 8.17. The third-order valence-corrected chi connectivity index (χ3v) is 4.44. The van der Waals surface area contributed by atoms with E-state index < -0.39 is 0 Å². The fourth-order valence-electron chi connectivity index (χ4n) is 3.29. The lowest BCUT2D eigenvalue weighted by Gasteiger charge is -2.34. The van der Waals surface area contributed by atoms with Gasteiger partial charge in [-0.1, -0.05) is 18.2 Å². The summed E-state index contributed by atoms with van der Waals surface area (Å²) in [5.74, 6) is 0. The van der Waals surface area contributed by atoms with Crippen molar-refractivity contribution in [2.75, 3.05) is 26.3 Å². The second kappa shape index (κ2) is 7.00. The predicted molar refractivity (Wildman–Crippen MR) is 93.5 cm³/mol. The van der Waals surface area contributed by atoms with Crippen LogP contribution < -0.4 is 0 Å². The largest absolute Gasteiger partial charge is 0.379 e. The number of nitrogens with zero attached hydrogens (tertiary/aromatic N) is 5. The van der Waals surface area contributed by atoms with Crippen LogP contribution in [0, 0.1) is 4.91 Å². The first-order chi connectivity index (χ1) is 12.4. The number of aromatic nitrogens is 3. The smallest absolute Gasteiger partial charge is 0.139 e. The second-order valence-electron chi connectivity index (χ2n) is 5.85. The molecule has 1 saturated heterocycles. The Kier molecular flexibility index (Phi) is 4.41. The van der Waals surface area contributed by atoms with Crippen LogP contribution in [0.3, 0.4) is 0 Å². The topological polar surface area (TPSA) is 80.6 Å². The number of morpholine rings is 1. The number of rotatable bonds is 4. The molecule has 0 amide bonds. The molecule has 126 valence electrons. The summed E-state index contributed by atoms with van der Waals surface area (Å²) < 4.78 is 5.47. The Hall–Kier alpha value is -2.77. The minimum absolute atomic E-state index is 0.211. The standard InChI is InChI=1S/C18H17N5O2/c24-22-17-14(4-3-13-2-1-5-21-16(13)17)18(15-12-19-6-7-20-15)23-8-10-25-11-9-23/h1-7,12,18H,8-11H2. The lowest BCUT2D eigenvalue weighted by atomic mass is 9.97. The van der Waals surface area contributed by atoms with Crippen molar-refractivity contribution in [2.45, 2.75) is 6.04 Å². The Bertz CT molecular complexity index is 881. The predicted octanol–water partition coefficient (Wildman–Crippen LogP) is 2.84. The van der Waals surface area contributed by atoms with E-state index in [0.717, 1.165) is 29.7 Å². The number of hydrogen-bond donors (Lipinski definition) is 0. The normalized spacial score (nSPS) is 16.6. The fraction of sp³-hybridized carbons (Fsp3) is 0.278. The van der Waals surface area contributed by atoms with E-state index in [1.807, 2.05) is 24.3 Å². The number of benzene rings is 1. The maximum atomic E-state index is 11.7. The van der Waals surface area contributed by atoms with Crippen LogP contribution in [0.2, 0.25) is 0 Å². The third kappa shape index (κ3) is 2.99. The van der Waals surface area contributed by atoms with Crippen molar-refractivity contribution >= 4 is 16.6 Å². The molecule has 0 bridgehead atoms. The van der Waals surface area contributed by atoms with E-state index in [2.05, 4.69) is 25.0 Å². The van der Waals surface area contributed by atoms with Gasteiger partial charge in [-0.15, -0.1) is 4.91 Å². The van der Waals surface area contributed by atoms with Crippen LogP contribution in [-0.2, 0) is 4.74 Å². The molecule has 1 aliphatic heterocycles. The van der Waals surface area contributed by atoms with Gasteiger partial charge in [-0.25, -0.2) is 0 Å². The molecule has 0 saturated carbocycles. The van der Waals surface area contributed by atoms with Crippen LogP contribution in [0.15, 0.2) is 54.2 Å². The first-order valence-corrected chi connectivity index (χ1v) is 8.17. The van der Waals surface area contributed by atoms with Gasteiger partial charge in [0.05, 0.1) is 36.7 Å². The van der Waals surface area contributed by atoms with Crippen LogP contribution >= 0.6 is 0 Å². The molecule has 2 aromatic heterocycles. The van der Waals surface area contributed by atoms with Gasteiger partial charge >= 0.3 is 0 Å². The van der Waals surface area contributed by atoms with Gasteiger partial charge in [0.1, 0.15) is 5.69 Å². The fourth-order valence-corrected chi connectivity index (χ4v) is 3.29. The molecule has 1 unspecified atom stereocenters. The van der Waals surface area contributed by atoms with Crippen molar-refractivity contribution in [2.24, 2.45) is 5.18 Å². The van der Waals surface area contributed by atoms with Gasteiger partial charge in [0.25, 0.3) is 0 Å². The monoisotopic (exact) mass is 335 g/mol. The molecule has 1 aromatic carbocycles. The average molecular weight is 335 g/mol. The number of ether oxygens (including phenoxy) is 1. The lowest BCUT2D eigenvalue weighted by molar-refractivity contribution is 0.0233. The molecule has 0 spiro atoms. The first kappa shape index (κ1) is 15.7. The summed E-state index contributed by atoms with van der Waals surface area (Å²) >= 11 is 0. The molecule has 0 N–H and O–H groups in total. The molecule has 0 aliphatic carbocycles. The summed E-state index contributed by atoms with van der Waals surface area (Å²) in [6.07, 6.45) is 6.71. The number of nitroso groups, excluding NO2 is 1. The number of pyridine rings is 1. The molecular weight excluding hydrogens is 318 g/mol. The molecule has 7 heteroatoms. The second-order valence-corrected chi connectivity index (χ2v) is 5.85. The molecule has 1 aliphatic rings. The van der Waals surface area contributed by atoms with Crippen LogP contribution in [0.5, 0.6) is 0 Å². The summed E-state index contributed by atoms with van der Waals surface area (Å²) in [5.41, 5.74) is 2.55. The molecule has 4 rings (SSSR count). The van der Waals surface area contributed by atoms with Crippen molar-refractivity contribution in [3.8, 4) is 0 Å². The molecule has 25 heavy (non-hydrogen) atoms. The summed E-state index contributed by atoms with van der Waals surface area (Å²) in [6, 6.07) is 7.47. The Balaban J connectivity index is 1.90. The zero-order chi connectivity index (χ0) is 17.1. The van der Waals surface area contributed by atoms with E-state index in [0.29, 0.717) is 24.4 Å². The van der Waals surface area contributed by atoms with Crippen molar-refractivity contribution in [3.05, 3.63) is 65.2 Å². The van der Waals surface area contributed by atoms with Crippen LogP contribution in [0.25, 0.3) is 10.9 Å². The van der Waals surface area contributed by atoms with Crippen LogP contribution in [0.4, 0.5) is 5.69 Å². The molecule has 7 nitrogen and oxygen atoms in total. The SMILES string of the molecule is O=Nc1c(C(c2cnccn2)N2CCOCC2)ccc2cccnc12. The highest BCUT2D eigenvalue weighted by Gasteiger charge is 2.29. The van der Waals surface area contributed by atoms with E-state index in [4.69, 9.17) is 4.74 Å². The Morgan fingerprint density at radius 2 is 1.96 bits per heavy atom. The van der Waals surface area contributed by atoms with Gasteiger partial charge in [0.2, 0.25) is 0 Å². The van der Waals surface area contributed by atoms with E-state index in [1.165, 1.54) is 0 Å². The van der Waals surface area contributed by atoms with Gasteiger partial charge < -0.3 is 4.74 Å². The van der Waals surface area contributed by atoms with Crippen LogP contribution in [0.1, 0.15) is 17.3 Å². The molecular formula is C18H17N5O2. The maximum absolute atomic E-state index is 11.7. The van der Waals surface area contributed by atoms with Gasteiger partial charge in [-0.05, 0) is 11.2 Å². The summed E-state index contributed by atoms with van der Waals surface area (Å²) in [5, 5.41) is 4.21. The molecule has 3 heterocycles. The van der Waals surface area contributed by atoms with Crippen molar-refractivity contribution < 1.29 is 4.74 Å². The zero-order valence-electron chi connectivity index (χ0n) is 13.6. The summed E-state index contributed by atoms with van der Waals surface area (Å²) in [7, 11) is 0. The maximum Gasteiger partial charge on any atom is 0.139 e. The van der Waals surface area contributed by atoms with Crippen molar-refractivity contribution in [1.82, 2.24) is 19.9 Å². The minimum Gasteiger partial charge on any atom is -0.379 e. The highest BCUT2D eigenvalue weighted by Crippen LogP contribution is 2.38. The van der Waals surface area contributed by atoms with Gasteiger partial charge in [0.15, 0.2) is 0 Å². The van der Waals surface area contributed by atoms with E-state index in [9.17, 15) is 4.91 Å². The number of hydrogen-bond acceptors (Lipinski definition) is 7. The minimum atomic E-state index is -0.211. The third-order valence-electron chi connectivity index (χ3n) is 4.44. The highest BCUT2D eigenvalue weighted by molar-refractivity contribution is 5.90.